The maximum absolute atomic E-state index is 3.01. The molecule has 0 aliphatic heterocycles. The normalized spacial score (nSPS) is 9.12. The van der Waals surface area contributed by atoms with Crippen LogP contribution in [0.4, 0.5) is 0 Å². The second-order valence-corrected chi connectivity index (χ2v) is 2.31. The molecule has 0 saturated carbocycles. The molecule has 0 aliphatic rings. The SMILES string of the molecule is ICc1c[c]ccc1. The van der Waals surface area contributed by atoms with Gasteiger partial charge < -0.3 is 0 Å². The first-order valence-corrected chi connectivity index (χ1v) is 3.97. The van der Waals surface area contributed by atoms with Gasteiger partial charge in [-0.25, -0.2) is 0 Å². The van der Waals surface area contributed by atoms with Crippen LogP contribution in [0.5, 0.6) is 0 Å². The molecule has 0 bridgehead atoms. The van der Waals surface area contributed by atoms with E-state index in [2.05, 4.69) is 34.7 Å². The summed E-state index contributed by atoms with van der Waals surface area (Å²) in [7, 11) is 0. The van der Waals surface area contributed by atoms with Crippen molar-refractivity contribution < 1.29 is 0 Å². The molecule has 1 heteroatoms. The summed E-state index contributed by atoms with van der Waals surface area (Å²) in [6.45, 7) is 0. The van der Waals surface area contributed by atoms with Gasteiger partial charge in [-0.05, 0) is 11.6 Å². The molecular formula is C7H6I. The Balaban J connectivity index is 2.83. The molecule has 1 rings (SSSR count). The maximum Gasteiger partial charge on any atom is 0.0247 e. The first-order valence-electron chi connectivity index (χ1n) is 2.44. The van der Waals surface area contributed by atoms with Crippen LogP contribution in [0.3, 0.4) is 0 Å². The van der Waals surface area contributed by atoms with Crippen LogP contribution < -0.4 is 0 Å². The van der Waals surface area contributed by atoms with Crippen LogP contribution in [0.15, 0.2) is 24.3 Å². The molecular weight excluding hydrogens is 211 g/mol. The Bertz CT molecular complexity index is 146. The molecule has 0 fully saturated rings. The van der Waals surface area contributed by atoms with E-state index in [1.165, 1.54) is 5.56 Å². The van der Waals surface area contributed by atoms with Crippen LogP contribution in [0.25, 0.3) is 0 Å². The third-order valence-corrected chi connectivity index (χ3v) is 1.81. The summed E-state index contributed by atoms with van der Waals surface area (Å²) >= 11 is 2.33. The molecule has 0 heterocycles. The Morgan fingerprint density at radius 1 is 1.62 bits per heavy atom. The molecule has 0 nitrogen and oxygen atoms in total. The summed E-state index contributed by atoms with van der Waals surface area (Å²) in [5, 5.41) is 0. The van der Waals surface area contributed by atoms with Crippen molar-refractivity contribution in [2.75, 3.05) is 0 Å². The van der Waals surface area contributed by atoms with E-state index in [0.717, 1.165) is 4.43 Å². The van der Waals surface area contributed by atoms with E-state index in [0.29, 0.717) is 0 Å². The van der Waals surface area contributed by atoms with Crippen molar-refractivity contribution in [3.63, 3.8) is 0 Å². The van der Waals surface area contributed by atoms with Crippen molar-refractivity contribution >= 4 is 22.6 Å². The molecule has 8 heavy (non-hydrogen) atoms. The minimum Gasteiger partial charge on any atom is -0.0812 e. The van der Waals surface area contributed by atoms with Crippen LogP contribution in [0.1, 0.15) is 5.56 Å². The van der Waals surface area contributed by atoms with Crippen molar-refractivity contribution in [2.24, 2.45) is 0 Å². The minimum atomic E-state index is 1.08. The lowest BCUT2D eigenvalue weighted by Crippen LogP contribution is -1.71. The van der Waals surface area contributed by atoms with Gasteiger partial charge in [0.05, 0.1) is 0 Å². The predicted molar refractivity (Wildman–Crippen MR) is 43.0 cm³/mol. The summed E-state index contributed by atoms with van der Waals surface area (Å²) in [5.41, 5.74) is 1.34. The summed E-state index contributed by atoms with van der Waals surface area (Å²) in [6.07, 6.45) is 0. The zero-order valence-corrected chi connectivity index (χ0v) is 6.55. The van der Waals surface area contributed by atoms with E-state index in [-0.39, 0.29) is 0 Å². The zero-order valence-electron chi connectivity index (χ0n) is 4.39. The summed E-state index contributed by atoms with van der Waals surface area (Å²) in [6, 6.07) is 11.0. The highest BCUT2D eigenvalue weighted by Crippen LogP contribution is 2.02. The van der Waals surface area contributed by atoms with Gasteiger partial charge in [-0.2, -0.15) is 0 Å². The predicted octanol–water partition coefficient (Wildman–Crippen LogP) is 2.42. The molecule has 1 aromatic rings. The minimum absolute atomic E-state index is 1.08. The number of hydrogen-bond acceptors (Lipinski definition) is 0. The van der Waals surface area contributed by atoms with Gasteiger partial charge in [0.1, 0.15) is 0 Å². The molecule has 0 amide bonds. The fraction of sp³-hybridized carbons (Fsp3) is 0.143. The van der Waals surface area contributed by atoms with Crippen LogP contribution >= 0.6 is 22.6 Å². The first-order chi connectivity index (χ1) is 3.93. The van der Waals surface area contributed by atoms with Gasteiger partial charge in [-0.3, -0.25) is 0 Å². The molecule has 1 aromatic carbocycles. The van der Waals surface area contributed by atoms with E-state index in [1.54, 1.807) is 0 Å². The highest BCUT2D eigenvalue weighted by molar-refractivity contribution is 14.1. The van der Waals surface area contributed by atoms with Crippen molar-refractivity contribution in [1.29, 1.82) is 0 Å². The second-order valence-electron chi connectivity index (χ2n) is 1.55. The Labute approximate surface area is 63.1 Å². The Morgan fingerprint density at radius 2 is 2.50 bits per heavy atom. The molecule has 0 spiro atoms. The topological polar surface area (TPSA) is 0 Å². The molecule has 0 saturated heterocycles. The number of benzene rings is 1. The van der Waals surface area contributed by atoms with E-state index in [4.69, 9.17) is 0 Å². The Kier molecular flexibility index (Phi) is 2.33. The number of halogens is 1. The standard InChI is InChI=1S/C7H6I/c8-6-7-4-2-1-3-5-7/h1-2,4-5H,6H2. The van der Waals surface area contributed by atoms with Gasteiger partial charge in [0.25, 0.3) is 0 Å². The first kappa shape index (κ1) is 6.08. The quantitative estimate of drug-likeness (QED) is 0.500. The van der Waals surface area contributed by atoms with Gasteiger partial charge in [0.15, 0.2) is 0 Å². The smallest absolute Gasteiger partial charge is 0.0247 e. The third kappa shape index (κ3) is 1.47. The van der Waals surface area contributed by atoms with Gasteiger partial charge in [-0.1, -0.05) is 46.9 Å². The zero-order chi connectivity index (χ0) is 5.82. The fourth-order valence-electron chi connectivity index (χ4n) is 0.514. The largest absolute Gasteiger partial charge is 0.0812 e. The summed E-state index contributed by atoms with van der Waals surface area (Å²) in [4.78, 5) is 0. The molecule has 0 N–H and O–H groups in total. The molecule has 0 atom stereocenters. The monoisotopic (exact) mass is 217 g/mol. The van der Waals surface area contributed by atoms with Crippen molar-refractivity contribution in [3.05, 3.63) is 35.9 Å². The highest BCUT2D eigenvalue weighted by atomic mass is 127. The summed E-state index contributed by atoms with van der Waals surface area (Å²) < 4.78 is 1.08. The fourth-order valence-corrected chi connectivity index (χ4v) is 0.988. The van der Waals surface area contributed by atoms with E-state index in [1.807, 2.05) is 18.2 Å². The maximum atomic E-state index is 3.01. The average molecular weight is 217 g/mol. The van der Waals surface area contributed by atoms with Crippen LogP contribution in [0, 0.1) is 6.07 Å². The van der Waals surface area contributed by atoms with Crippen LogP contribution in [0.2, 0.25) is 0 Å². The lowest BCUT2D eigenvalue weighted by Gasteiger charge is -1.88. The van der Waals surface area contributed by atoms with Crippen molar-refractivity contribution in [3.8, 4) is 0 Å². The number of hydrogen-bond donors (Lipinski definition) is 0. The molecule has 0 aromatic heterocycles. The van der Waals surface area contributed by atoms with Gasteiger partial charge in [0, 0.05) is 4.43 Å². The second kappa shape index (κ2) is 3.07. The number of alkyl halides is 1. The molecule has 0 unspecified atom stereocenters. The molecule has 1 radical (unpaired) electrons. The van der Waals surface area contributed by atoms with E-state index < -0.39 is 0 Å². The third-order valence-electron chi connectivity index (χ3n) is 0.926. The van der Waals surface area contributed by atoms with Crippen LogP contribution in [-0.2, 0) is 4.43 Å². The molecule has 0 aliphatic carbocycles. The average Bonchev–Trinajstić information content (AvgIpc) is 1.90. The number of rotatable bonds is 1. The van der Waals surface area contributed by atoms with Crippen molar-refractivity contribution in [1.82, 2.24) is 0 Å². The van der Waals surface area contributed by atoms with Crippen molar-refractivity contribution in [2.45, 2.75) is 4.43 Å². The summed E-state index contributed by atoms with van der Waals surface area (Å²) in [5.74, 6) is 0. The van der Waals surface area contributed by atoms with Gasteiger partial charge >= 0.3 is 0 Å². The van der Waals surface area contributed by atoms with Gasteiger partial charge in [-0.15, -0.1) is 0 Å². The highest BCUT2D eigenvalue weighted by Gasteiger charge is 1.81. The lowest BCUT2D eigenvalue weighted by molar-refractivity contribution is 1.45. The van der Waals surface area contributed by atoms with Gasteiger partial charge in [0.2, 0.25) is 0 Å². The molecule has 41 valence electrons. The van der Waals surface area contributed by atoms with Crippen LogP contribution in [-0.4, -0.2) is 0 Å². The van der Waals surface area contributed by atoms with E-state index in [9.17, 15) is 0 Å². The lowest BCUT2D eigenvalue weighted by atomic mass is 10.2. The Hall–Kier alpha value is -0.0500. The van der Waals surface area contributed by atoms with E-state index >= 15 is 0 Å². The Morgan fingerprint density at radius 3 is 2.88 bits per heavy atom.